The zero-order valence-corrected chi connectivity index (χ0v) is 10.0. The molecular formula is C12H17F3N2. The number of alkyl halides is 3. The van der Waals surface area contributed by atoms with E-state index in [4.69, 9.17) is 0 Å². The smallest absolute Gasteiger partial charge is 0.384 e. The van der Waals surface area contributed by atoms with Crippen molar-refractivity contribution in [3.8, 4) is 0 Å². The Hall–Kier alpha value is -1.26. The summed E-state index contributed by atoms with van der Waals surface area (Å²) >= 11 is 0. The first-order chi connectivity index (χ1) is 7.97. The Bertz CT molecular complexity index is 329. The number of anilines is 1. The van der Waals surface area contributed by atoms with Crippen LogP contribution in [0.4, 0.5) is 18.9 Å². The van der Waals surface area contributed by atoms with Crippen LogP contribution >= 0.6 is 0 Å². The van der Waals surface area contributed by atoms with Crippen molar-refractivity contribution < 1.29 is 13.2 Å². The molecule has 0 aromatic carbocycles. The second-order valence-electron chi connectivity index (χ2n) is 3.99. The molecule has 0 aliphatic carbocycles. The monoisotopic (exact) mass is 246 g/mol. The summed E-state index contributed by atoms with van der Waals surface area (Å²) in [5, 5.41) is 3.10. The molecule has 0 aliphatic rings. The molecule has 0 saturated heterocycles. The van der Waals surface area contributed by atoms with Gasteiger partial charge in [-0.25, -0.2) is 4.98 Å². The number of nitrogens with zero attached hydrogens (tertiary/aromatic N) is 1. The first-order valence-electron chi connectivity index (χ1n) is 5.74. The van der Waals surface area contributed by atoms with Crippen LogP contribution in [-0.2, 0) is 6.18 Å². The third-order valence-corrected chi connectivity index (χ3v) is 2.80. The highest BCUT2D eigenvalue weighted by molar-refractivity contribution is 5.41. The van der Waals surface area contributed by atoms with E-state index in [1.165, 1.54) is 12.3 Å². The van der Waals surface area contributed by atoms with E-state index in [0.717, 1.165) is 25.5 Å². The lowest BCUT2D eigenvalue weighted by Gasteiger charge is -2.14. The molecule has 5 heteroatoms. The quantitative estimate of drug-likeness (QED) is 0.850. The van der Waals surface area contributed by atoms with Gasteiger partial charge in [0.1, 0.15) is 5.69 Å². The minimum absolute atomic E-state index is 0.539. The molecular weight excluding hydrogens is 229 g/mol. The third kappa shape index (κ3) is 4.24. The van der Waals surface area contributed by atoms with E-state index >= 15 is 0 Å². The van der Waals surface area contributed by atoms with Crippen LogP contribution in [0.3, 0.4) is 0 Å². The molecule has 0 saturated carbocycles. The number of aromatic nitrogens is 1. The van der Waals surface area contributed by atoms with Gasteiger partial charge in [0.25, 0.3) is 0 Å². The van der Waals surface area contributed by atoms with Crippen molar-refractivity contribution >= 4 is 5.69 Å². The lowest BCUT2D eigenvalue weighted by atomic mass is 10.0. The number of hydrogen-bond donors (Lipinski definition) is 1. The lowest BCUT2D eigenvalue weighted by Crippen LogP contribution is -2.13. The van der Waals surface area contributed by atoms with E-state index in [1.54, 1.807) is 0 Å². The summed E-state index contributed by atoms with van der Waals surface area (Å²) in [5.41, 5.74) is -0.226. The second kappa shape index (κ2) is 5.89. The number of pyridine rings is 1. The summed E-state index contributed by atoms with van der Waals surface area (Å²) < 4.78 is 36.8. The summed E-state index contributed by atoms with van der Waals surface area (Å²) in [6, 6.07) is 2.41. The van der Waals surface area contributed by atoms with Crippen molar-refractivity contribution in [2.75, 3.05) is 11.9 Å². The molecule has 0 amide bonds. The standard InChI is InChI=1S/C12H17F3N2/c1-3-9(4-2)7-16-10-5-6-11(17-8-10)12(13,14)15/h5-6,8-9,16H,3-4,7H2,1-2H3. The van der Waals surface area contributed by atoms with Crippen LogP contribution in [0.2, 0.25) is 0 Å². The molecule has 0 fully saturated rings. The van der Waals surface area contributed by atoms with Gasteiger partial charge >= 0.3 is 6.18 Å². The zero-order chi connectivity index (χ0) is 12.9. The van der Waals surface area contributed by atoms with Gasteiger partial charge in [-0.2, -0.15) is 13.2 Å². The fourth-order valence-corrected chi connectivity index (χ4v) is 1.51. The van der Waals surface area contributed by atoms with Crippen LogP contribution in [0.15, 0.2) is 18.3 Å². The first-order valence-corrected chi connectivity index (χ1v) is 5.74. The number of hydrogen-bond acceptors (Lipinski definition) is 2. The van der Waals surface area contributed by atoms with Crippen LogP contribution < -0.4 is 5.32 Å². The van der Waals surface area contributed by atoms with Crippen LogP contribution in [0.5, 0.6) is 0 Å². The van der Waals surface area contributed by atoms with Gasteiger partial charge in [0.05, 0.1) is 11.9 Å². The molecule has 1 aromatic heterocycles. The van der Waals surface area contributed by atoms with Crippen molar-refractivity contribution in [3.05, 3.63) is 24.0 Å². The van der Waals surface area contributed by atoms with Crippen molar-refractivity contribution in [2.24, 2.45) is 5.92 Å². The Morgan fingerprint density at radius 1 is 1.24 bits per heavy atom. The van der Waals surface area contributed by atoms with Gasteiger partial charge < -0.3 is 5.32 Å². The number of halogens is 3. The maximum Gasteiger partial charge on any atom is 0.433 e. The third-order valence-electron chi connectivity index (χ3n) is 2.80. The summed E-state index contributed by atoms with van der Waals surface area (Å²) in [7, 11) is 0. The van der Waals surface area contributed by atoms with Crippen molar-refractivity contribution in [3.63, 3.8) is 0 Å². The number of rotatable bonds is 5. The predicted molar refractivity (Wildman–Crippen MR) is 61.8 cm³/mol. The molecule has 0 atom stereocenters. The maximum absolute atomic E-state index is 12.3. The van der Waals surface area contributed by atoms with Gasteiger partial charge in [-0.15, -0.1) is 0 Å². The van der Waals surface area contributed by atoms with E-state index in [1.807, 2.05) is 0 Å². The molecule has 0 spiro atoms. The van der Waals surface area contributed by atoms with Gasteiger partial charge in [0.15, 0.2) is 0 Å². The average Bonchev–Trinajstić information content (AvgIpc) is 2.30. The van der Waals surface area contributed by atoms with E-state index in [-0.39, 0.29) is 0 Å². The molecule has 0 radical (unpaired) electrons. The van der Waals surface area contributed by atoms with E-state index in [2.05, 4.69) is 24.1 Å². The Balaban J connectivity index is 2.57. The van der Waals surface area contributed by atoms with E-state index < -0.39 is 11.9 Å². The largest absolute Gasteiger partial charge is 0.433 e. The topological polar surface area (TPSA) is 24.9 Å². The van der Waals surface area contributed by atoms with Crippen molar-refractivity contribution in [1.29, 1.82) is 0 Å². The Morgan fingerprint density at radius 3 is 2.29 bits per heavy atom. The fraction of sp³-hybridized carbons (Fsp3) is 0.583. The zero-order valence-electron chi connectivity index (χ0n) is 10.0. The SMILES string of the molecule is CCC(CC)CNc1ccc(C(F)(F)F)nc1. The molecule has 0 bridgehead atoms. The van der Waals surface area contributed by atoms with Gasteiger partial charge in [-0.1, -0.05) is 26.7 Å². The van der Waals surface area contributed by atoms with Crippen LogP contribution in [-0.4, -0.2) is 11.5 Å². The predicted octanol–water partition coefficient (Wildman–Crippen LogP) is 3.95. The molecule has 1 N–H and O–H groups in total. The lowest BCUT2D eigenvalue weighted by molar-refractivity contribution is -0.141. The van der Waals surface area contributed by atoms with Crippen molar-refractivity contribution in [1.82, 2.24) is 4.98 Å². The van der Waals surface area contributed by atoms with Gasteiger partial charge in [-0.3, -0.25) is 0 Å². The van der Waals surface area contributed by atoms with Gasteiger partial charge in [0.2, 0.25) is 0 Å². The molecule has 0 unspecified atom stereocenters. The highest BCUT2D eigenvalue weighted by Gasteiger charge is 2.31. The van der Waals surface area contributed by atoms with Crippen LogP contribution in [0.1, 0.15) is 32.4 Å². The second-order valence-corrected chi connectivity index (χ2v) is 3.99. The fourth-order valence-electron chi connectivity index (χ4n) is 1.51. The first kappa shape index (κ1) is 13.8. The van der Waals surface area contributed by atoms with E-state index in [9.17, 15) is 13.2 Å². The molecule has 1 rings (SSSR count). The maximum atomic E-state index is 12.3. The highest BCUT2D eigenvalue weighted by Crippen LogP contribution is 2.27. The summed E-state index contributed by atoms with van der Waals surface area (Å²) in [6.07, 6.45) is -1.03. The number of nitrogens with one attached hydrogen (secondary N) is 1. The Labute approximate surface area is 99.3 Å². The molecule has 1 heterocycles. The molecule has 96 valence electrons. The molecule has 2 nitrogen and oxygen atoms in total. The minimum Gasteiger partial charge on any atom is -0.384 e. The molecule has 0 aliphatic heterocycles. The normalized spacial score (nSPS) is 11.9. The summed E-state index contributed by atoms with van der Waals surface area (Å²) in [4.78, 5) is 3.39. The molecule has 17 heavy (non-hydrogen) atoms. The van der Waals surface area contributed by atoms with Gasteiger partial charge in [-0.05, 0) is 18.1 Å². The summed E-state index contributed by atoms with van der Waals surface area (Å²) in [5.74, 6) is 0.539. The van der Waals surface area contributed by atoms with Crippen molar-refractivity contribution in [2.45, 2.75) is 32.9 Å². The average molecular weight is 246 g/mol. The Morgan fingerprint density at radius 2 is 1.88 bits per heavy atom. The van der Waals surface area contributed by atoms with Gasteiger partial charge in [0, 0.05) is 6.54 Å². The van der Waals surface area contributed by atoms with Crippen LogP contribution in [0.25, 0.3) is 0 Å². The van der Waals surface area contributed by atoms with E-state index in [0.29, 0.717) is 11.6 Å². The van der Waals surface area contributed by atoms with Crippen LogP contribution in [0, 0.1) is 5.92 Å². The minimum atomic E-state index is -4.37. The Kier molecular flexibility index (Phi) is 4.78. The molecule has 1 aromatic rings. The summed E-state index contributed by atoms with van der Waals surface area (Å²) in [6.45, 7) is 4.96. The highest BCUT2D eigenvalue weighted by atomic mass is 19.4.